The van der Waals surface area contributed by atoms with Gasteiger partial charge in [0.05, 0.1) is 28.2 Å². The van der Waals surface area contributed by atoms with Gasteiger partial charge in [0.15, 0.2) is 5.76 Å². The van der Waals surface area contributed by atoms with Crippen LogP contribution >= 0.6 is 23.7 Å². The maximum Gasteiger partial charge on any atom is 0.254 e. The molecule has 10 nitrogen and oxygen atoms in total. The fourth-order valence-corrected chi connectivity index (χ4v) is 6.48. The van der Waals surface area contributed by atoms with Crippen LogP contribution in [0, 0.1) is 12.8 Å². The zero-order valence-electron chi connectivity index (χ0n) is 24.4. The van der Waals surface area contributed by atoms with E-state index in [9.17, 15) is 14.7 Å². The third-order valence-corrected chi connectivity index (χ3v) is 8.94. The number of aryl methyl sites for hydroxylation is 1. The molecule has 0 spiro atoms. The van der Waals surface area contributed by atoms with Gasteiger partial charge in [-0.15, -0.1) is 23.7 Å². The summed E-state index contributed by atoms with van der Waals surface area (Å²) in [5.41, 5.74) is 4.85. The number of thiazole rings is 1. The van der Waals surface area contributed by atoms with Crippen LogP contribution in [0.1, 0.15) is 69.0 Å². The van der Waals surface area contributed by atoms with E-state index in [0.717, 1.165) is 47.6 Å². The van der Waals surface area contributed by atoms with Crippen molar-refractivity contribution in [1.82, 2.24) is 25.7 Å². The zero-order valence-corrected chi connectivity index (χ0v) is 26.0. The number of aliphatic hydroxyl groups is 1. The first-order chi connectivity index (χ1) is 19.7. The topological polar surface area (TPSA) is 130 Å². The number of piperidine rings is 1. The second-order valence-electron chi connectivity index (χ2n) is 11.4. The van der Waals surface area contributed by atoms with E-state index in [2.05, 4.69) is 20.8 Å². The van der Waals surface area contributed by atoms with E-state index < -0.39 is 18.1 Å². The van der Waals surface area contributed by atoms with Gasteiger partial charge in [0.1, 0.15) is 18.1 Å². The van der Waals surface area contributed by atoms with Gasteiger partial charge in [-0.3, -0.25) is 9.59 Å². The van der Waals surface area contributed by atoms with Crippen LogP contribution in [0.4, 0.5) is 0 Å². The monoisotopic (exact) mass is 617 g/mol. The Morgan fingerprint density at radius 3 is 2.55 bits per heavy atom. The van der Waals surface area contributed by atoms with Crippen molar-refractivity contribution >= 4 is 35.6 Å². The van der Waals surface area contributed by atoms with Crippen LogP contribution in [0.5, 0.6) is 5.88 Å². The summed E-state index contributed by atoms with van der Waals surface area (Å²) < 4.78 is 11.6. The number of nitrogens with zero attached hydrogens (tertiary/aromatic N) is 3. The number of benzene rings is 1. The summed E-state index contributed by atoms with van der Waals surface area (Å²) in [6.45, 7) is 9.63. The van der Waals surface area contributed by atoms with Gasteiger partial charge < -0.3 is 29.9 Å². The van der Waals surface area contributed by atoms with Crippen molar-refractivity contribution in [3.05, 3.63) is 52.9 Å². The standard InChI is InChI=1S/C30H39N5O5S.ClH/c1-17(2)27(25-14-26(34-40-25)39-23-9-11-31-12-10-23)30(38)35-15-22(36)13-24(35)29(37)33-18(3)20-5-7-21(8-6-20)28-19(4)32-16-41-28;/h5-8,14,16-18,22-24,27,31,36H,9-13,15H2,1-4H3,(H,33,37);1H/t18-,22+,24-,27+;/m0./s1. The van der Waals surface area contributed by atoms with Crippen molar-refractivity contribution in [2.75, 3.05) is 19.6 Å². The lowest BCUT2D eigenvalue weighted by Crippen LogP contribution is -2.48. The molecule has 4 heterocycles. The molecule has 0 radical (unpaired) electrons. The Morgan fingerprint density at radius 2 is 1.90 bits per heavy atom. The summed E-state index contributed by atoms with van der Waals surface area (Å²) in [6.07, 6.45) is 1.21. The molecule has 0 saturated carbocycles. The average molecular weight is 618 g/mol. The van der Waals surface area contributed by atoms with Crippen LogP contribution in [0.25, 0.3) is 10.4 Å². The van der Waals surface area contributed by atoms with Crippen molar-refractivity contribution in [2.24, 2.45) is 5.92 Å². The van der Waals surface area contributed by atoms with E-state index in [1.54, 1.807) is 17.4 Å². The van der Waals surface area contributed by atoms with Crippen molar-refractivity contribution in [1.29, 1.82) is 0 Å². The lowest BCUT2D eigenvalue weighted by molar-refractivity contribution is -0.141. The second-order valence-corrected chi connectivity index (χ2v) is 12.2. The molecule has 0 unspecified atom stereocenters. The van der Waals surface area contributed by atoms with E-state index >= 15 is 0 Å². The van der Waals surface area contributed by atoms with Gasteiger partial charge >= 0.3 is 0 Å². The zero-order chi connectivity index (χ0) is 29.1. The molecule has 2 amide bonds. The smallest absolute Gasteiger partial charge is 0.254 e. The minimum Gasteiger partial charge on any atom is -0.472 e. The number of aromatic nitrogens is 2. The molecule has 3 N–H and O–H groups in total. The van der Waals surface area contributed by atoms with Gasteiger partial charge in [-0.1, -0.05) is 38.1 Å². The molecular weight excluding hydrogens is 578 g/mol. The number of halogens is 1. The number of amides is 2. The SMILES string of the molecule is Cc1ncsc1-c1ccc([C@H](C)NC(=O)[C@@H]2C[C@@H](O)CN2C(=O)[C@@H](c2cc(OC3CCNCC3)no2)C(C)C)cc1.Cl. The maximum atomic E-state index is 13.9. The van der Waals surface area contributed by atoms with Crippen LogP contribution in [-0.4, -0.2) is 69.8 Å². The van der Waals surface area contributed by atoms with Gasteiger partial charge in [0.25, 0.3) is 5.88 Å². The molecule has 12 heteroatoms. The highest BCUT2D eigenvalue weighted by Crippen LogP contribution is 2.33. The van der Waals surface area contributed by atoms with E-state index in [1.165, 1.54) is 4.90 Å². The van der Waals surface area contributed by atoms with Crippen molar-refractivity contribution < 1.29 is 24.0 Å². The number of aliphatic hydroxyl groups excluding tert-OH is 1. The number of ether oxygens (including phenoxy) is 1. The third-order valence-electron chi connectivity index (χ3n) is 7.96. The Balaban J connectivity index is 0.00000405. The summed E-state index contributed by atoms with van der Waals surface area (Å²) in [5, 5.41) is 20.9. The third kappa shape index (κ3) is 7.14. The molecule has 4 atom stereocenters. The number of rotatable bonds is 9. The van der Waals surface area contributed by atoms with Crippen molar-refractivity contribution in [3.8, 4) is 16.3 Å². The van der Waals surface area contributed by atoms with Gasteiger partial charge in [0.2, 0.25) is 11.8 Å². The van der Waals surface area contributed by atoms with E-state index in [0.29, 0.717) is 11.6 Å². The normalized spacial score (nSPS) is 20.7. The minimum absolute atomic E-state index is 0. The Hall–Kier alpha value is -2.99. The molecule has 0 aliphatic carbocycles. The molecule has 2 aliphatic rings. The molecule has 228 valence electrons. The summed E-state index contributed by atoms with van der Waals surface area (Å²) >= 11 is 1.60. The Bertz CT molecular complexity index is 1340. The number of hydrogen-bond donors (Lipinski definition) is 3. The number of likely N-dealkylation sites (tertiary alicyclic amines) is 1. The molecular formula is C30H40ClN5O5S. The minimum atomic E-state index is -0.784. The highest BCUT2D eigenvalue weighted by molar-refractivity contribution is 7.13. The molecule has 0 bridgehead atoms. The molecule has 1 aromatic carbocycles. The van der Waals surface area contributed by atoms with Crippen LogP contribution < -0.4 is 15.4 Å². The first-order valence-electron chi connectivity index (χ1n) is 14.3. The van der Waals surface area contributed by atoms with Gasteiger partial charge in [-0.25, -0.2) is 4.98 Å². The number of carbonyl (C=O) groups is 2. The second kappa shape index (κ2) is 14.0. The maximum absolute atomic E-state index is 13.9. The first kappa shape index (κ1) is 31.9. The molecule has 42 heavy (non-hydrogen) atoms. The lowest BCUT2D eigenvalue weighted by atomic mass is 9.91. The van der Waals surface area contributed by atoms with Crippen LogP contribution in [0.15, 0.2) is 40.4 Å². The van der Waals surface area contributed by atoms with E-state index in [-0.39, 0.29) is 55.3 Å². The number of nitrogens with one attached hydrogen (secondary N) is 2. The summed E-state index contributed by atoms with van der Waals surface area (Å²) in [7, 11) is 0. The van der Waals surface area contributed by atoms with Crippen LogP contribution in [0.3, 0.4) is 0 Å². The van der Waals surface area contributed by atoms with Gasteiger partial charge in [-0.05, 0) is 62.0 Å². The van der Waals surface area contributed by atoms with Gasteiger partial charge in [0, 0.05) is 19.0 Å². The molecule has 2 fully saturated rings. The summed E-state index contributed by atoms with van der Waals surface area (Å²) in [6, 6.07) is 8.67. The molecule has 2 aliphatic heterocycles. The predicted molar refractivity (Wildman–Crippen MR) is 163 cm³/mol. The fourth-order valence-electron chi connectivity index (χ4n) is 5.67. The Labute approximate surface area is 256 Å². The highest BCUT2D eigenvalue weighted by atomic mass is 35.5. The molecule has 2 saturated heterocycles. The largest absolute Gasteiger partial charge is 0.472 e. The molecule has 3 aromatic rings. The predicted octanol–water partition coefficient (Wildman–Crippen LogP) is 4.24. The summed E-state index contributed by atoms with van der Waals surface area (Å²) in [4.78, 5) is 34.3. The Morgan fingerprint density at radius 1 is 1.19 bits per heavy atom. The number of β-amino-alcohol motifs (C(OH)–C–C–N with tert-alkyl or cyclic N) is 1. The van der Waals surface area contributed by atoms with Crippen LogP contribution in [0.2, 0.25) is 0 Å². The highest BCUT2D eigenvalue weighted by Gasteiger charge is 2.43. The van der Waals surface area contributed by atoms with E-state index in [4.69, 9.17) is 9.26 Å². The van der Waals surface area contributed by atoms with Crippen molar-refractivity contribution in [2.45, 2.75) is 77.2 Å². The lowest BCUT2D eigenvalue weighted by Gasteiger charge is -2.29. The van der Waals surface area contributed by atoms with Crippen molar-refractivity contribution in [3.63, 3.8) is 0 Å². The molecule has 5 rings (SSSR count). The molecule has 2 aromatic heterocycles. The summed E-state index contributed by atoms with van der Waals surface area (Å²) in [5.74, 6) is -0.569. The quantitative estimate of drug-likeness (QED) is 0.325. The number of hydrogen-bond acceptors (Lipinski definition) is 9. The fraction of sp³-hybridized carbons (Fsp3) is 0.533. The average Bonchev–Trinajstić information content (AvgIpc) is 3.69. The Kier molecular flexibility index (Phi) is 10.6. The first-order valence-corrected chi connectivity index (χ1v) is 15.2. The van der Waals surface area contributed by atoms with E-state index in [1.807, 2.05) is 57.5 Å². The van der Waals surface area contributed by atoms with Crippen LogP contribution in [-0.2, 0) is 9.59 Å². The number of carbonyl (C=O) groups excluding carboxylic acids is 2. The van der Waals surface area contributed by atoms with Gasteiger partial charge in [-0.2, -0.15) is 0 Å².